The van der Waals surface area contributed by atoms with Gasteiger partial charge in [0.05, 0.1) is 11.9 Å². The number of hydrogen-bond acceptors (Lipinski definition) is 10. The summed E-state index contributed by atoms with van der Waals surface area (Å²) >= 11 is 12.4. The highest BCUT2D eigenvalue weighted by Gasteiger charge is 2.54. The van der Waals surface area contributed by atoms with Crippen molar-refractivity contribution in [2.75, 3.05) is 0 Å². The third kappa shape index (κ3) is 6.43. The van der Waals surface area contributed by atoms with Gasteiger partial charge in [-0.2, -0.15) is 0 Å². The van der Waals surface area contributed by atoms with Crippen LogP contribution >= 0.6 is 23.2 Å². The molecule has 1 aliphatic heterocycles. The van der Waals surface area contributed by atoms with E-state index < -0.39 is 48.6 Å². The monoisotopic (exact) mass is 660 g/mol. The van der Waals surface area contributed by atoms with Crippen molar-refractivity contribution in [2.24, 2.45) is 0 Å². The van der Waals surface area contributed by atoms with Crippen molar-refractivity contribution in [3.05, 3.63) is 113 Å². The van der Waals surface area contributed by atoms with Gasteiger partial charge >= 0.3 is 17.9 Å². The van der Waals surface area contributed by atoms with Crippen LogP contribution in [0.5, 0.6) is 0 Å². The summed E-state index contributed by atoms with van der Waals surface area (Å²) in [7, 11) is 0. The second-order valence-electron chi connectivity index (χ2n) is 10.4. The van der Waals surface area contributed by atoms with Gasteiger partial charge in [0.2, 0.25) is 0 Å². The zero-order chi connectivity index (χ0) is 32.4. The predicted molar refractivity (Wildman–Crippen MR) is 167 cm³/mol. The molecule has 46 heavy (non-hydrogen) atoms. The molecule has 5 atom stereocenters. The average Bonchev–Trinajstić information content (AvgIpc) is 3.62. The zero-order valence-electron chi connectivity index (χ0n) is 24.4. The molecule has 13 heteroatoms. The summed E-state index contributed by atoms with van der Waals surface area (Å²) < 4.78 is 25.5. The molecule has 1 aliphatic rings. The Labute approximate surface area is 273 Å². The van der Waals surface area contributed by atoms with E-state index in [-0.39, 0.29) is 21.9 Å². The van der Waals surface area contributed by atoms with E-state index in [9.17, 15) is 14.4 Å². The lowest BCUT2D eigenvalue weighted by Gasteiger charge is -2.28. The summed E-state index contributed by atoms with van der Waals surface area (Å²) in [5.74, 6) is -1.99. The van der Waals surface area contributed by atoms with Gasteiger partial charge in [-0.25, -0.2) is 19.7 Å². The van der Waals surface area contributed by atoms with Crippen LogP contribution in [-0.4, -0.2) is 55.7 Å². The molecule has 1 unspecified atom stereocenters. The highest BCUT2D eigenvalue weighted by Crippen LogP contribution is 2.42. The van der Waals surface area contributed by atoms with Gasteiger partial charge in [0.15, 0.2) is 35.3 Å². The number of hydrogen-bond donors (Lipinski definition) is 0. The van der Waals surface area contributed by atoms with Crippen molar-refractivity contribution < 1.29 is 33.3 Å². The molecule has 3 heterocycles. The van der Waals surface area contributed by atoms with Crippen molar-refractivity contribution in [3.63, 3.8) is 0 Å². The number of fused-ring (bicyclic) bond motifs is 1. The Balaban J connectivity index is 1.39. The Hall–Kier alpha value is -4.84. The van der Waals surface area contributed by atoms with Gasteiger partial charge in [0.1, 0.15) is 17.9 Å². The number of esters is 3. The molecule has 1 fully saturated rings. The molecule has 6 rings (SSSR count). The summed E-state index contributed by atoms with van der Waals surface area (Å²) in [5.41, 5.74) is 3.24. The molecule has 0 spiro atoms. The van der Waals surface area contributed by atoms with Crippen LogP contribution in [0.3, 0.4) is 0 Å². The van der Waals surface area contributed by atoms with Crippen LogP contribution in [-0.2, 0) is 28.5 Å². The van der Waals surface area contributed by atoms with Gasteiger partial charge < -0.3 is 18.9 Å². The molecule has 2 aromatic heterocycles. The van der Waals surface area contributed by atoms with E-state index in [1.54, 1.807) is 36.4 Å². The van der Waals surface area contributed by atoms with Crippen LogP contribution < -0.4 is 0 Å². The number of imidazole rings is 1. The van der Waals surface area contributed by atoms with E-state index in [2.05, 4.69) is 15.0 Å². The zero-order valence-corrected chi connectivity index (χ0v) is 26.0. The van der Waals surface area contributed by atoms with E-state index in [1.807, 2.05) is 42.5 Å². The lowest BCUT2D eigenvalue weighted by Crippen LogP contribution is -2.41. The first kappa shape index (κ1) is 31.2. The van der Waals surface area contributed by atoms with E-state index in [1.165, 1.54) is 31.1 Å². The molecule has 0 N–H and O–H groups in total. The third-order valence-electron chi connectivity index (χ3n) is 7.38. The van der Waals surface area contributed by atoms with E-state index in [0.29, 0.717) is 10.6 Å². The maximum absolute atomic E-state index is 13.7. The minimum Gasteiger partial charge on any atom is -0.455 e. The number of nitrogens with zero attached hydrogens (tertiary/aromatic N) is 4. The molecule has 0 radical (unpaired) electrons. The molecular weight excluding hydrogens is 635 g/mol. The Morgan fingerprint density at radius 1 is 0.804 bits per heavy atom. The summed E-state index contributed by atoms with van der Waals surface area (Å²) in [5, 5.41) is 0.552. The second kappa shape index (κ2) is 13.3. The number of carbonyl (C=O) groups excluding carboxylic acids is 3. The van der Waals surface area contributed by atoms with Gasteiger partial charge in [0, 0.05) is 18.9 Å². The van der Waals surface area contributed by atoms with E-state index in [4.69, 9.17) is 42.1 Å². The largest absolute Gasteiger partial charge is 0.455 e. The van der Waals surface area contributed by atoms with Gasteiger partial charge in [0.25, 0.3) is 0 Å². The highest BCUT2D eigenvalue weighted by molar-refractivity contribution is 6.33. The van der Waals surface area contributed by atoms with Gasteiger partial charge in [-0.1, -0.05) is 77.8 Å². The van der Waals surface area contributed by atoms with Gasteiger partial charge in [-0.15, -0.1) is 0 Å². The topological polar surface area (TPSA) is 132 Å². The molecule has 0 amide bonds. The minimum absolute atomic E-state index is 0.102. The first-order valence-electron chi connectivity index (χ1n) is 14.1. The molecule has 0 aliphatic carbocycles. The molecule has 5 aromatic rings. The normalized spacial score (nSPS) is 19.8. The average molecular weight is 661 g/mol. The van der Waals surface area contributed by atoms with Crippen LogP contribution in [0, 0.1) is 0 Å². The number of aromatic nitrogens is 4. The molecule has 11 nitrogen and oxygen atoms in total. The molecule has 0 bridgehead atoms. The SMILES string of the molecule is CC(=O)O[C@@H]1[C@H](OC(C)=O)[C@@H](C(OC(=O)c2ccc(-c3ccccc3)cc2)c2ccc(Cl)cc2)O[C@@H]1n1cnc2c(Cl)ncnc21. The number of rotatable bonds is 8. The first-order valence-corrected chi connectivity index (χ1v) is 14.9. The Morgan fingerprint density at radius 3 is 2.13 bits per heavy atom. The van der Waals surface area contributed by atoms with Crippen molar-refractivity contribution in [1.29, 1.82) is 0 Å². The van der Waals surface area contributed by atoms with Crippen molar-refractivity contribution in [3.8, 4) is 11.1 Å². The smallest absolute Gasteiger partial charge is 0.338 e. The lowest BCUT2D eigenvalue weighted by atomic mass is 9.98. The van der Waals surface area contributed by atoms with Gasteiger partial charge in [-0.05, 0) is 41.0 Å². The van der Waals surface area contributed by atoms with Crippen molar-refractivity contribution in [2.45, 2.75) is 44.5 Å². The van der Waals surface area contributed by atoms with Gasteiger partial charge in [-0.3, -0.25) is 14.2 Å². The minimum atomic E-state index is -1.23. The summed E-state index contributed by atoms with van der Waals surface area (Å²) in [6.07, 6.45) is -3.21. The molecule has 0 saturated carbocycles. The fraction of sp³-hybridized carbons (Fsp3) is 0.212. The number of halogens is 2. The van der Waals surface area contributed by atoms with Crippen molar-refractivity contribution >= 4 is 52.3 Å². The second-order valence-corrected chi connectivity index (χ2v) is 11.2. The maximum atomic E-state index is 13.7. The predicted octanol–water partition coefficient (Wildman–Crippen LogP) is 6.16. The third-order valence-corrected chi connectivity index (χ3v) is 7.90. The number of benzene rings is 3. The van der Waals surface area contributed by atoms with E-state index in [0.717, 1.165) is 11.1 Å². The van der Waals surface area contributed by atoms with Crippen LogP contribution in [0.1, 0.15) is 42.1 Å². The molecule has 234 valence electrons. The Kier molecular flexibility index (Phi) is 8.98. The van der Waals surface area contributed by atoms with Crippen LogP contribution in [0.15, 0.2) is 91.5 Å². The van der Waals surface area contributed by atoms with Crippen LogP contribution in [0.25, 0.3) is 22.3 Å². The maximum Gasteiger partial charge on any atom is 0.338 e. The standard InChI is InChI=1S/C33H26Cl2N4O7/c1-18(40)43-28-27(45-32(29(28)44-19(2)41)39-17-38-25-30(35)36-16-37-31(25)39)26(22-12-14-24(34)15-13-22)46-33(42)23-10-8-21(9-11-23)20-6-4-3-5-7-20/h3-17,26-29,32H,1-2H3/t26?,27-,28-,29-,32+/m1/s1. The van der Waals surface area contributed by atoms with Crippen LogP contribution in [0.4, 0.5) is 0 Å². The molecule has 1 saturated heterocycles. The summed E-state index contributed by atoms with van der Waals surface area (Å²) in [6.45, 7) is 2.43. The fourth-order valence-corrected chi connectivity index (χ4v) is 5.68. The first-order chi connectivity index (χ1) is 22.2. The lowest BCUT2D eigenvalue weighted by molar-refractivity contribution is -0.166. The fourth-order valence-electron chi connectivity index (χ4n) is 5.37. The molecular formula is C33H26Cl2N4O7. The Morgan fingerprint density at radius 2 is 1.46 bits per heavy atom. The van der Waals surface area contributed by atoms with E-state index >= 15 is 0 Å². The number of ether oxygens (including phenoxy) is 4. The summed E-state index contributed by atoms with van der Waals surface area (Å²) in [6, 6.07) is 23.3. The van der Waals surface area contributed by atoms with Crippen LogP contribution in [0.2, 0.25) is 10.2 Å². The highest BCUT2D eigenvalue weighted by atomic mass is 35.5. The Bertz CT molecular complexity index is 1880. The number of carbonyl (C=O) groups is 3. The molecule has 3 aromatic carbocycles. The summed E-state index contributed by atoms with van der Waals surface area (Å²) in [4.78, 5) is 51.0. The quantitative estimate of drug-likeness (QED) is 0.108. The van der Waals surface area contributed by atoms with Crippen molar-refractivity contribution in [1.82, 2.24) is 19.5 Å².